The van der Waals surface area contributed by atoms with E-state index in [1.165, 1.54) is 19.3 Å². The third-order valence-corrected chi connectivity index (χ3v) is 7.87. The summed E-state index contributed by atoms with van der Waals surface area (Å²) in [6.07, 6.45) is 46.3. The summed E-state index contributed by atoms with van der Waals surface area (Å²) in [5, 5.41) is 22.5. The van der Waals surface area contributed by atoms with Gasteiger partial charge in [-0.25, -0.2) is 4.79 Å². The number of carbonyl (C=O) groups excluding carboxylic acids is 3. The number of hydrogen-bond donors (Lipinski definition) is 4. The van der Waals surface area contributed by atoms with Crippen LogP contribution in [0.5, 0.6) is 0 Å². The third-order valence-electron chi connectivity index (χ3n) is 7.87. The van der Waals surface area contributed by atoms with Crippen LogP contribution in [0.1, 0.15) is 136 Å². The fourth-order valence-corrected chi connectivity index (χ4v) is 4.89. The Morgan fingerprint density at radius 1 is 0.615 bits per heavy atom. The summed E-state index contributed by atoms with van der Waals surface area (Å²) in [6, 6.07) is -1.40. The minimum absolute atomic E-state index is 0.199. The molecule has 0 saturated carbocycles. The average molecular weight is 725 g/mol. The van der Waals surface area contributed by atoms with Gasteiger partial charge in [-0.15, -0.1) is 0 Å². The summed E-state index contributed by atoms with van der Waals surface area (Å²) >= 11 is 0. The van der Waals surface area contributed by atoms with E-state index in [0.29, 0.717) is 19.3 Å². The average Bonchev–Trinajstić information content (AvgIpc) is 3.13. The standard InChI is InChI=1S/C43H68N2O7/c1-3-5-7-9-11-13-15-16-18-20-22-27-31-35-42(49)52-38(32-28-24-21-19-17-14-12-10-8-6-4-2)33-29-25-23-26-30-34-40(47)44-36-41(48)45-39(37-46)43(50)51/h5,7,11-14,16,18-19,21-22,27-28,32,38-39,46H,3-4,6,8-10,15,17,20,23-26,29-31,33-37H2,1-2H3,(H,44,47)(H,45,48)(H,50,51)/b7-5-,13-11-,14-12-,18-16-,21-19-,27-22-,32-28-. The van der Waals surface area contributed by atoms with Gasteiger partial charge in [0.05, 0.1) is 13.2 Å². The van der Waals surface area contributed by atoms with Crippen LogP contribution in [0.15, 0.2) is 85.1 Å². The number of allylic oxidation sites excluding steroid dienone is 13. The molecule has 2 unspecified atom stereocenters. The molecule has 292 valence electrons. The van der Waals surface area contributed by atoms with Gasteiger partial charge in [-0.1, -0.05) is 125 Å². The van der Waals surface area contributed by atoms with E-state index >= 15 is 0 Å². The fourth-order valence-electron chi connectivity index (χ4n) is 4.89. The number of unbranched alkanes of at least 4 members (excludes halogenated alkanes) is 7. The van der Waals surface area contributed by atoms with Crippen molar-refractivity contribution in [3.8, 4) is 0 Å². The van der Waals surface area contributed by atoms with Gasteiger partial charge in [0.25, 0.3) is 0 Å². The first-order valence-corrected chi connectivity index (χ1v) is 19.5. The van der Waals surface area contributed by atoms with Crippen LogP contribution >= 0.6 is 0 Å². The summed E-state index contributed by atoms with van der Waals surface area (Å²) in [4.78, 5) is 47.3. The monoisotopic (exact) mass is 725 g/mol. The fraction of sp³-hybridized carbons (Fsp3) is 0.581. The molecule has 0 aromatic rings. The number of aliphatic hydroxyl groups is 1. The smallest absolute Gasteiger partial charge is 0.328 e. The first-order chi connectivity index (χ1) is 25.3. The minimum Gasteiger partial charge on any atom is -0.480 e. The Hall–Kier alpha value is -3.98. The normalized spacial score (nSPS) is 13.4. The Balaban J connectivity index is 4.57. The van der Waals surface area contributed by atoms with E-state index in [-0.39, 0.29) is 30.9 Å². The Bertz CT molecular complexity index is 1150. The molecule has 0 aliphatic heterocycles. The highest BCUT2D eigenvalue weighted by molar-refractivity contribution is 5.87. The molecule has 0 fully saturated rings. The second-order valence-electron chi connectivity index (χ2n) is 12.6. The largest absolute Gasteiger partial charge is 0.480 e. The van der Waals surface area contributed by atoms with Crippen molar-refractivity contribution in [2.24, 2.45) is 0 Å². The molecule has 0 saturated heterocycles. The second-order valence-corrected chi connectivity index (χ2v) is 12.6. The SMILES string of the molecule is CC/C=C\C/C=C\C/C=C\C/C=C\CCC(=O)OC(/C=C\C/C=C\C/C=C\CCCCC)CCCCCCCC(=O)NCC(=O)NC(CO)C(=O)O. The van der Waals surface area contributed by atoms with Crippen molar-refractivity contribution in [3.05, 3.63) is 85.1 Å². The predicted octanol–water partition coefficient (Wildman–Crippen LogP) is 8.92. The topological polar surface area (TPSA) is 142 Å². The lowest BCUT2D eigenvalue weighted by Gasteiger charge is -2.14. The quantitative estimate of drug-likeness (QED) is 0.0301. The number of esters is 1. The van der Waals surface area contributed by atoms with E-state index in [9.17, 15) is 19.2 Å². The number of hydrogen-bond acceptors (Lipinski definition) is 6. The van der Waals surface area contributed by atoms with Crippen molar-refractivity contribution in [1.29, 1.82) is 0 Å². The molecule has 0 radical (unpaired) electrons. The van der Waals surface area contributed by atoms with Gasteiger partial charge in [-0.05, 0) is 83.1 Å². The molecule has 0 heterocycles. The molecule has 9 nitrogen and oxygen atoms in total. The van der Waals surface area contributed by atoms with Crippen LogP contribution in [0.2, 0.25) is 0 Å². The summed E-state index contributed by atoms with van der Waals surface area (Å²) in [5.41, 5.74) is 0. The van der Waals surface area contributed by atoms with Gasteiger partial charge in [0.15, 0.2) is 0 Å². The highest BCUT2D eigenvalue weighted by Crippen LogP contribution is 2.13. The lowest BCUT2D eigenvalue weighted by molar-refractivity contribution is -0.147. The zero-order chi connectivity index (χ0) is 38.3. The number of carbonyl (C=O) groups is 4. The zero-order valence-corrected chi connectivity index (χ0v) is 32.0. The van der Waals surface area contributed by atoms with Gasteiger partial charge >= 0.3 is 11.9 Å². The second kappa shape index (κ2) is 36.8. The third kappa shape index (κ3) is 33.2. The molecule has 0 rings (SSSR count). The molecular formula is C43H68N2O7. The van der Waals surface area contributed by atoms with Crippen LogP contribution < -0.4 is 10.6 Å². The minimum atomic E-state index is -1.40. The van der Waals surface area contributed by atoms with Crippen LogP contribution in [-0.2, 0) is 23.9 Å². The van der Waals surface area contributed by atoms with Crippen LogP contribution in [0.3, 0.4) is 0 Å². The van der Waals surface area contributed by atoms with Gasteiger partial charge < -0.3 is 25.6 Å². The number of aliphatic carboxylic acids is 1. The number of rotatable bonds is 33. The van der Waals surface area contributed by atoms with Gasteiger partial charge in [0, 0.05) is 12.8 Å². The highest BCUT2D eigenvalue weighted by atomic mass is 16.5. The van der Waals surface area contributed by atoms with E-state index in [1.54, 1.807) is 0 Å². The molecule has 0 bridgehead atoms. The highest BCUT2D eigenvalue weighted by Gasteiger charge is 2.18. The van der Waals surface area contributed by atoms with Crippen LogP contribution in [-0.4, -0.2) is 59.3 Å². The van der Waals surface area contributed by atoms with Gasteiger partial charge in [-0.2, -0.15) is 0 Å². The number of amides is 2. The molecule has 0 aromatic carbocycles. The maximum atomic E-state index is 12.6. The summed E-state index contributed by atoms with van der Waals surface area (Å²) in [6.45, 7) is 3.28. The maximum Gasteiger partial charge on any atom is 0.328 e. The predicted molar refractivity (Wildman–Crippen MR) is 213 cm³/mol. The number of carboxylic acid groups (broad SMARTS) is 1. The number of nitrogens with one attached hydrogen (secondary N) is 2. The van der Waals surface area contributed by atoms with Crippen molar-refractivity contribution < 1.29 is 34.1 Å². The molecule has 9 heteroatoms. The van der Waals surface area contributed by atoms with Crippen LogP contribution in [0.25, 0.3) is 0 Å². The van der Waals surface area contributed by atoms with Gasteiger partial charge in [0.2, 0.25) is 11.8 Å². The molecular weight excluding hydrogens is 656 g/mol. The van der Waals surface area contributed by atoms with Gasteiger partial charge in [0.1, 0.15) is 12.1 Å². The van der Waals surface area contributed by atoms with Crippen molar-refractivity contribution in [2.45, 2.75) is 148 Å². The molecule has 52 heavy (non-hydrogen) atoms. The summed E-state index contributed by atoms with van der Waals surface area (Å²) in [5.74, 6) is -2.50. The van der Waals surface area contributed by atoms with E-state index in [4.69, 9.17) is 14.9 Å². The van der Waals surface area contributed by atoms with Crippen LogP contribution in [0, 0.1) is 0 Å². The molecule has 0 spiro atoms. The zero-order valence-electron chi connectivity index (χ0n) is 32.0. The van der Waals surface area contributed by atoms with Crippen molar-refractivity contribution in [1.82, 2.24) is 10.6 Å². The first kappa shape index (κ1) is 48.0. The van der Waals surface area contributed by atoms with Crippen molar-refractivity contribution >= 4 is 23.8 Å². The Labute approximate surface area is 314 Å². The van der Waals surface area contributed by atoms with Crippen molar-refractivity contribution in [2.75, 3.05) is 13.2 Å². The molecule has 2 atom stereocenters. The molecule has 0 aliphatic carbocycles. The van der Waals surface area contributed by atoms with Crippen LogP contribution in [0.4, 0.5) is 0 Å². The Kier molecular flexibility index (Phi) is 34.0. The van der Waals surface area contributed by atoms with E-state index < -0.39 is 24.5 Å². The number of ether oxygens (including phenoxy) is 1. The summed E-state index contributed by atoms with van der Waals surface area (Å²) < 4.78 is 5.85. The lowest BCUT2D eigenvalue weighted by Crippen LogP contribution is -2.47. The Morgan fingerprint density at radius 2 is 1.17 bits per heavy atom. The van der Waals surface area contributed by atoms with E-state index in [1.807, 2.05) is 12.2 Å². The molecule has 0 aromatic heterocycles. The molecule has 4 N–H and O–H groups in total. The lowest BCUT2D eigenvalue weighted by atomic mass is 10.1. The summed E-state index contributed by atoms with van der Waals surface area (Å²) in [7, 11) is 0. The maximum absolute atomic E-state index is 12.6. The van der Waals surface area contributed by atoms with Gasteiger partial charge in [-0.3, -0.25) is 14.4 Å². The van der Waals surface area contributed by atoms with E-state index in [0.717, 1.165) is 77.0 Å². The van der Waals surface area contributed by atoms with Crippen molar-refractivity contribution in [3.63, 3.8) is 0 Å². The first-order valence-electron chi connectivity index (χ1n) is 19.5. The molecule has 0 aliphatic rings. The Morgan fingerprint density at radius 3 is 1.77 bits per heavy atom. The molecule has 2 amide bonds. The number of aliphatic hydroxyl groups excluding tert-OH is 1. The number of carboxylic acids is 1. The van der Waals surface area contributed by atoms with E-state index in [2.05, 4.69) is 97.4 Å².